The summed E-state index contributed by atoms with van der Waals surface area (Å²) in [6, 6.07) is 14.5. The molecule has 13 heteroatoms. The summed E-state index contributed by atoms with van der Waals surface area (Å²) in [6.07, 6.45) is 8.59. The van der Waals surface area contributed by atoms with Crippen LogP contribution in [0.1, 0.15) is 50.6 Å². The monoisotopic (exact) mass is 671 g/mol. The van der Waals surface area contributed by atoms with Crippen molar-refractivity contribution in [1.82, 2.24) is 20.0 Å². The molecule has 1 aromatic heterocycles. The van der Waals surface area contributed by atoms with Crippen molar-refractivity contribution < 1.29 is 17.6 Å². The first kappa shape index (κ1) is 37.1. The average molecular weight is 672 g/mol. The van der Waals surface area contributed by atoms with Crippen LogP contribution < -0.4 is 10.5 Å². The van der Waals surface area contributed by atoms with Crippen LogP contribution in [-0.4, -0.2) is 66.7 Å². The smallest absolute Gasteiger partial charge is 0.238 e. The lowest BCUT2D eigenvalue weighted by Gasteiger charge is -2.20. The lowest BCUT2D eigenvalue weighted by Crippen LogP contribution is -2.39. The second-order valence-corrected chi connectivity index (χ2v) is 12.7. The van der Waals surface area contributed by atoms with Crippen molar-refractivity contribution in [2.75, 3.05) is 37.7 Å². The third kappa shape index (κ3) is 12.8. The average Bonchev–Trinajstić information content (AvgIpc) is 3.39. The fourth-order valence-electron chi connectivity index (χ4n) is 4.74. The van der Waals surface area contributed by atoms with E-state index in [9.17, 15) is 17.6 Å². The third-order valence-electron chi connectivity index (χ3n) is 6.93. The minimum Gasteiger partial charge on any atom is -0.354 e. The van der Waals surface area contributed by atoms with Gasteiger partial charge in [-0.1, -0.05) is 32.1 Å². The van der Waals surface area contributed by atoms with Crippen molar-refractivity contribution in [1.29, 1.82) is 0 Å². The first-order valence-electron chi connectivity index (χ1n) is 14.4. The van der Waals surface area contributed by atoms with Gasteiger partial charge in [-0.3, -0.25) is 9.69 Å². The Hall–Kier alpha value is -2.09. The Labute approximate surface area is 272 Å². The van der Waals surface area contributed by atoms with Crippen LogP contribution in [0.3, 0.4) is 0 Å². The minimum atomic E-state index is -3.80. The first-order valence-corrected chi connectivity index (χ1v) is 17.2. The number of hydrogen-bond acceptors (Lipinski definition) is 7. The highest BCUT2D eigenvalue weighted by Crippen LogP contribution is 2.26. The number of aromatic nitrogens is 2. The lowest BCUT2D eigenvalue weighted by atomic mass is 10.1. The molecule has 3 aromatic rings. The van der Waals surface area contributed by atoms with Crippen LogP contribution in [0.4, 0.5) is 4.39 Å². The van der Waals surface area contributed by atoms with E-state index in [2.05, 4.69) is 35.5 Å². The zero-order valence-electron chi connectivity index (χ0n) is 24.3. The molecule has 0 aliphatic carbocycles. The van der Waals surface area contributed by atoms with Crippen molar-refractivity contribution in [3.05, 3.63) is 66.1 Å². The Morgan fingerprint density at radius 1 is 0.907 bits per heavy atom. The summed E-state index contributed by atoms with van der Waals surface area (Å²) in [5, 5.41) is 12.9. The fraction of sp³-hybridized carbons (Fsp3) is 0.467. The van der Waals surface area contributed by atoms with Crippen LogP contribution >= 0.6 is 37.7 Å². The number of nitrogens with zero attached hydrogens (tertiary/aromatic N) is 3. The highest BCUT2D eigenvalue weighted by molar-refractivity contribution is 7.89. The maximum atomic E-state index is 13.6. The molecule has 0 unspecified atom stereocenters. The summed E-state index contributed by atoms with van der Waals surface area (Å²) in [5.41, 5.74) is 3.24. The van der Waals surface area contributed by atoms with Gasteiger partial charge < -0.3 is 5.32 Å². The van der Waals surface area contributed by atoms with Gasteiger partial charge in [-0.25, -0.2) is 22.6 Å². The molecule has 43 heavy (non-hydrogen) atoms. The summed E-state index contributed by atoms with van der Waals surface area (Å²) in [7, 11) is -3.80. The minimum absolute atomic E-state index is 0. The van der Waals surface area contributed by atoms with Gasteiger partial charge in [0.05, 0.1) is 28.5 Å². The molecule has 3 N–H and O–H groups in total. The maximum Gasteiger partial charge on any atom is 0.238 e. The zero-order valence-corrected chi connectivity index (χ0v) is 27.8. The molecule has 0 aliphatic heterocycles. The van der Waals surface area contributed by atoms with E-state index in [4.69, 9.17) is 10.2 Å². The predicted molar refractivity (Wildman–Crippen MR) is 181 cm³/mol. The second kappa shape index (κ2) is 19.3. The Bertz CT molecular complexity index is 1360. The van der Waals surface area contributed by atoms with Gasteiger partial charge in [0.2, 0.25) is 15.9 Å². The van der Waals surface area contributed by atoms with Crippen LogP contribution in [0.5, 0.6) is 0 Å². The van der Waals surface area contributed by atoms with Crippen molar-refractivity contribution in [3.8, 4) is 16.9 Å². The predicted octanol–water partition coefficient (Wildman–Crippen LogP) is 5.30. The van der Waals surface area contributed by atoms with E-state index < -0.39 is 10.0 Å². The van der Waals surface area contributed by atoms with Gasteiger partial charge in [-0.15, -0.1) is 12.4 Å². The van der Waals surface area contributed by atoms with Gasteiger partial charge in [-0.05, 0) is 80.4 Å². The van der Waals surface area contributed by atoms with Crippen LogP contribution in [0, 0.1) is 5.82 Å². The SMILES string of the molecule is Cl.NS(=O)(=O)c1ccc(-n2nc(CCCCCCCCCN(CCS)CC(=O)NCCS)cc2-c2ccc(F)cc2)cc1. The molecule has 3 rings (SSSR count). The van der Waals surface area contributed by atoms with Gasteiger partial charge in [0.1, 0.15) is 5.82 Å². The molecule has 1 amide bonds. The number of carbonyl (C=O) groups excluding carboxylic acids is 1. The number of aryl methyl sites for hydroxylation is 1. The van der Waals surface area contributed by atoms with E-state index in [-0.39, 0.29) is 29.0 Å². The van der Waals surface area contributed by atoms with Gasteiger partial charge >= 0.3 is 0 Å². The Balaban J connectivity index is 0.00000645. The van der Waals surface area contributed by atoms with Crippen LogP contribution in [-0.2, 0) is 21.2 Å². The molecule has 0 aliphatic rings. The number of sulfonamides is 1. The molecular formula is C30H43ClFN5O3S3. The topological polar surface area (TPSA) is 110 Å². The molecule has 0 bridgehead atoms. The number of primary sulfonamides is 1. The number of thiol groups is 2. The molecule has 0 atom stereocenters. The van der Waals surface area contributed by atoms with Crippen LogP contribution in [0.25, 0.3) is 16.9 Å². The number of nitrogens with one attached hydrogen (secondary N) is 1. The molecule has 0 radical (unpaired) electrons. The summed E-state index contributed by atoms with van der Waals surface area (Å²) in [6.45, 7) is 2.70. The van der Waals surface area contributed by atoms with E-state index in [1.165, 1.54) is 37.1 Å². The molecule has 0 spiro atoms. The quantitative estimate of drug-likeness (QED) is 0.102. The molecule has 0 saturated carbocycles. The van der Waals surface area contributed by atoms with Gasteiger partial charge in [0.15, 0.2) is 0 Å². The van der Waals surface area contributed by atoms with Crippen LogP contribution in [0.2, 0.25) is 0 Å². The third-order valence-corrected chi connectivity index (χ3v) is 8.29. The molecule has 0 fully saturated rings. The molecule has 8 nitrogen and oxygen atoms in total. The largest absolute Gasteiger partial charge is 0.354 e. The number of unbranched alkanes of at least 4 members (excludes halogenated alkanes) is 6. The van der Waals surface area contributed by atoms with Crippen LogP contribution in [0.15, 0.2) is 59.5 Å². The zero-order chi connectivity index (χ0) is 30.4. The summed E-state index contributed by atoms with van der Waals surface area (Å²) in [5.74, 6) is 1.09. The number of hydrogen-bond donors (Lipinski definition) is 4. The Morgan fingerprint density at radius 3 is 2.14 bits per heavy atom. The van der Waals surface area contributed by atoms with Crippen molar-refractivity contribution >= 4 is 53.6 Å². The molecule has 2 aromatic carbocycles. The first-order chi connectivity index (χ1) is 20.2. The van der Waals surface area contributed by atoms with Crippen molar-refractivity contribution in [3.63, 3.8) is 0 Å². The van der Waals surface area contributed by atoms with E-state index in [1.807, 2.05) is 6.07 Å². The number of nitrogens with two attached hydrogens (primary N) is 1. The van der Waals surface area contributed by atoms with Crippen molar-refractivity contribution in [2.45, 2.75) is 56.3 Å². The second-order valence-electron chi connectivity index (χ2n) is 10.3. The fourth-order valence-corrected chi connectivity index (χ4v) is 5.65. The number of benzene rings is 2. The van der Waals surface area contributed by atoms with Crippen molar-refractivity contribution in [2.24, 2.45) is 5.14 Å². The summed E-state index contributed by atoms with van der Waals surface area (Å²) < 4.78 is 38.7. The maximum absolute atomic E-state index is 13.6. The summed E-state index contributed by atoms with van der Waals surface area (Å²) >= 11 is 8.45. The number of rotatable bonds is 19. The normalized spacial score (nSPS) is 11.5. The standard InChI is InChI=1S/C30H42FN5O3S3.ClH/c31-25-11-9-24(10-12-25)29-22-26(34-36(29)27-13-15-28(16-14-27)42(32,38)39)8-6-4-2-1-3-5-7-18-35(19-21-41)23-30(37)33-17-20-40;/h9-16,22,40-41H,1-8,17-21,23H2,(H,33,37)(H2,32,38,39);1H. The van der Waals surface area contributed by atoms with Gasteiger partial charge in [0, 0.05) is 30.2 Å². The molecule has 0 saturated heterocycles. The molecule has 1 heterocycles. The Morgan fingerprint density at radius 2 is 1.53 bits per heavy atom. The van der Waals surface area contributed by atoms with Gasteiger partial charge in [-0.2, -0.15) is 30.4 Å². The lowest BCUT2D eigenvalue weighted by molar-refractivity contribution is -0.122. The number of carbonyl (C=O) groups is 1. The Kier molecular flexibility index (Phi) is 16.7. The molecule has 238 valence electrons. The highest BCUT2D eigenvalue weighted by Gasteiger charge is 2.14. The van der Waals surface area contributed by atoms with E-state index in [0.29, 0.717) is 24.5 Å². The summed E-state index contributed by atoms with van der Waals surface area (Å²) in [4.78, 5) is 14.2. The van der Waals surface area contributed by atoms with E-state index in [0.717, 1.165) is 74.3 Å². The molecular weight excluding hydrogens is 629 g/mol. The number of amides is 1. The van der Waals surface area contributed by atoms with E-state index >= 15 is 0 Å². The van der Waals surface area contributed by atoms with Gasteiger partial charge in [0.25, 0.3) is 0 Å². The highest BCUT2D eigenvalue weighted by atomic mass is 35.5. The number of halogens is 2. The van der Waals surface area contributed by atoms with E-state index in [1.54, 1.807) is 28.9 Å².